The van der Waals surface area contributed by atoms with Gasteiger partial charge in [-0.25, -0.2) is 4.68 Å². The predicted octanol–water partition coefficient (Wildman–Crippen LogP) is 6.88. The molecule has 0 radical (unpaired) electrons. The van der Waals surface area contributed by atoms with E-state index in [2.05, 4.69) is 36.2 Å². The Kier molecular flexibility index (Phi) is 6.89. The molecule has 0 bridgehead atoms. The number of para-hydroxylation sites is 2. The van der Waals surface area contributed by atoms with Crippen molar-refractivity contribution in [3.8, 4) is 16.9 Å². The molecule has 5 aromatic rings. The van der Waals surface area contributed by atoms with Crippen LogP contribution in [0.1, 0.15) is 18.1 Å². The third-order valence-electron chi connectivity index (χ3n) is 6.32. The van der Waals surface area contributed by atoms with E-state index in [4.69, 9.17) is 10.2 Å². The Morgan fingerprint density at radius 3 is 2.21 bits per heavy atom. The van der Waals surface area contributed by atoms with Gasteiger partial charge in [0.1, 0.15) is 5.71 Å². The van der Waals surface area contributed by atoms with Gasteiger partial charge in [0.15, 0.2) is 0 Å². The summed E-state index contributed by atoms with van der Waals surface area (Å²) in [6.07, 6.45) is 7.30. The first-order valence-corrected chi connectivity index (χ1v) is 13.7. The number of hydrogen-bond donors (Lipinski definition) is 0. The summed E-state index contributed by atoms with van der Waals surface area (Å²) in [5.74, 6) is 0.809. The Morgan fingerprint density at radius 2 is 1.54 bits per heavy atom. The van der Waals surface area contributed by atoms with Crippen molar-refractivity contribution in [1.82, 2.24) is 14.8 Å². The fourth-order valence-electron chi connectivity index (χ4n) is 4.47. The molecule has 3 heterocycles. The monoisotopic (exact) mass is 527 g/mol. The molecule has 39 heavy (non-hydrogen) atoms. The fraction of sp³-hybridized carbons (Fsp3) is 0.0625. The van der Waals surface area contributed by atoms with Gasteiger partial charge in [-0.1, -0.05) is 55.5 Å². The largest absolute Gasteiger partial charge is 0.281 e. The van der Waals surface area contributed by atoms with Gasteiger partial charge in [-0.2, -0.15) is 15.2 Å². The summed E-state index contributed by atoms with van der Waals surface area (Å²) in [5, 5.41) is 11.2. The zero-order valence-corrected chi connectivity index (χ0v) is 22.1. The molecule has 6 nitrogen and oxygen atoms in total. The van der Waals surface area contributed by atoms with E-state index in [9.17, 15) is 4.79 Å². The zero-order valence-electron chi connectivity index (χ0n) is 21.3. The van der Waals surface area contributed by atoms with Crippen molar-refractivity contribution >= 4 is 35.1 Å². The molecule has 2 aromatic heterocycles. The first-order chi connectivity index (χ1) is 19.2. The quantitative estimate of drug-likeness (QED) is 0.171. The molecule has 3 aromatic carbocycles. The number of nitrogens with zero attached hydrogens (tertiary/aromatic N) is 5. The number of carbonyl (C=O) groups excluding carboxylic acids is 1. The summed E-state index contributed by atoms with van der Waals surface area (Å²) in [4.78, 5) is 19.3. The Bertz CT molecular complexity index is 1660. The highest BCUT2D eigenvalue weighted by atomic mass is 32.2. The number of hydrogen-bond acceptors (Lipinski definition) is 5. The predicted molar refractivity (Wildman–Crippen MR) is 158 cm³/mol. The maximum Gasteiger partial charge on any atom is 0.281 e. The highest BCUT2D eigenvalue weighted by Crippen LogP contribution is 2.32. The molecule has 1 amide bonds. The van der Waals surface area contributed by atoms with Crippen molar-refractivity contribution in [2.45, 2.75) is 11.8 Å². The minimum Gasteiger partial charge on any atom is -0.267 e. The molecule has 0 saturated heterocycles. The molecule has 190 valence electrons. The molecule has 0 spiro atoms. The number of carbonyl (C=O) groups is 1. The van der Waals surface area contributed by atoms with Gasteiger partial charge in [0.05, 0.1) is 22.6 Å². The van der Waals surface area contributed by atoms with E-state index in [0.717, 1.165) is 33.8 Å². The van der Waals surface area contributed by atoms with E-state index < -0.39 is 0 Å². The van der Waals surface area contributed by atoms with Crippen LogP contribution in [0.5, 0.6) is 0 Å². The minimum atomic E-state index is -0.201. The van der Waals surface area contributed by atoms with Crippen LogP contribution in [0, 0.1) is 0 Å². The molecule has 0 unspecified atom stereocenters. The van der Waals surface area contributed by atoms with Gasteiger partial charge >= 0.3 is 0 Å². The second-order valence-electron chi connectivity index (χ2n) is 8.87. The molecule has 1 aliphatic heterocycles. The normalized spacial score (nSPS) is 14.2. The second-order valence-corrected chi connectivity index (χ2v) is 10.2. The molecule has 0 atom stereocenters. The van der Waals surface area contributed by atoms with Crippen molar-refractivity contribution in [3.63, 3.8) is 0 Å². The maximum absolute atomic E-state index is 13.8. The van der Waals surface area contributed by atoms with Crippen molar-refractivity contribution in [2.24, 2.45) is 5.10 Å². The van der Waals surface area contributed by atoms with Crippen LogP contribution in [0.3, 0.4) is 0 Å². The molecular formula is C32H25N5OS. The molecule has 6 rings (SSSR count). The first kappa shape index (κ1) is 24.6. The zero-order chi connectivity index (χ0) is 26.6. The molecule has 7 heteroatoms. The number of anilines is 1. The number of thioether (sulfide) groups is 1. The molecule has 0 saturated carbocycles. The van der Waals surface area contributed by atoms with Crippen LogP contribution < -0.4 is 5.01 Å². The summed E-state index contributed by atoms with van der Waals surface area (Å²) < 4.78 is 1.85. The third-order valence-corrected chi connectivity index (χ3v) is 7.21. The van der Waals surface area contributed by atoms with Crippen LogP contribution in [0.2, 0.25) is 0 Å². The Hall–Kier alpha value is -4.75. The van der Waals surface area contributed by atoms with Gasteiger partial charge in [0, 0.05) is 40.2 Å². The van der Waals surface area contributed by atoms with Gasteiger partial charge in [0.2, 0.25) is 0 Å². The van der Waals surface area contributed by atoms with E-state index in [-0.39, 0.29) is 5.91 Å². The van der Waals surface area contributed by atoms with Crippen molar-refractivity contribution in [3.05, 3.63) is 132 Å². The maximum atomic E-state index is 13.8. The average molecular weight is 528 g/mol. The smallest absolute Gasteiger partial charge is 0.267 e. The summed E-state index contributed by atoms with van der Waals surface area (Å²) in [7, 11) is 0. The lowest BCUT2D eigenvalue weighted by atomic mass is 10.00. The third kappa shape index (κ3) is 5.04. The minimum absolute atomic E-state index is 0.201. The summed E-state index contributed by atoms with van der Waals surface area (Å²) >= 11 is 1.80. The van der Waals surface area contributed by atoms with Crippen molar-refractivity contribution in [1.29, 1.82) is 0 Å². The second kappa shape index (κ2) is 10.9. The molecule has 0 aliphatic carbocycles. The Labute approximate surface area is 231 Å². The highest BCUT2D eigenvalue weighted by molar-refractivity contribution is 7.99. The van der Waals surface area contributed by atoms with Crippen LogP contribution in [0.4, 0.5) is 5.69 Å². The van der Waals surface area contributed by atoms with E-state index >= 15 is 0 Å². The lowest BCUT2D eigenvalue weighted by Gasteiger charge is -2.10. The molecule has 0 fully saturated rings. The highest BCUT2D eigenvalue weighted by Gasteiger charge is 2.32. The first-order valence-electron chi connectivity index (χ1n) is 12.7. The number of pyridine rings is 1. The van der Waals surface area contributed by atoms with E-state index in [1.807, 2.05) is 89.8 Å². The van der Waals surface area contributed by atoms with Crippen LogP contribution in [-0.2, 0) is 4.79 Å². The van der Waals surface area contributed by atoms with Gasteiger partial charge < -0.3 is 0 Å². The fourth-order valence-corrected chi connectivity index (χ4v) is 5.13. The number of amides is 1. The van der Waals surface area contributed by atoms with Gasteiger partial charge in [-0.05, 0) is 60.4 Å². The van der Waals surface area contributed by atoms with Crippen LogP contribution in [-0.4, -0.2) is 32.1 Å². The van der Waals surface area contributed by atoms with Gasteiger partial charge in [0.25, 0.3) is 5.91 Å². The van der Waals surface area contributed by atoms with Crippen LogP contribution >= 0.6 is 11.8 Å². The van der Waals surface area contributed by atoms with Crippen LogP contribution in [0.25, 0.3) is 23.0 Å². The Morgan fingerprint density at radius 1 is 0.821 bits per heavy atom. The standard InChI is InChI=1S/C32H25N5OS/c1-2-39-28-17-15-23(16-18-28)30-25(22-36(34-30)26-11-5-3-6-12-26)20-29-31(24-10-9-19-33-21-24)35-37(32(29)38)27-13-7-4-8-14-27/h3-22H,2H2,1H3/b29-20-. The molecule has 1 aliphatic rings. The SMILES string of the molecule is CCSc1ccc(-c2nn(-c3ccccc3)cc2/C=C2\C(=O)N(c3ccccc3)N=C2c2cccnc2)cc1. The van der Waals surface area contributed by atoms with E-state index in [1.54, 1.807) is 24.2 Å². The lowest BCUT2D eigenvalue weighted by molar-refractivity contribution is -0.114. The van der Waals surface area contributed by atoms with Crippen molar-refractivity contribution < 1.29 is 4.79 Å². The number of benzene rings is 3. The molecule has 0 N–H and O–H groups in total. The number of aromatic nitrogens is 3. The average Bonchev–Trinajstić information content (AvgIpc) is 3.56. The summed E-state index contributed by atoms with van der Waals surface area (Å²) in [6, 6.07) is 31.6. The Balaban J connectivity index is 1.50. The van der Waals surface area contributed by atoms with Crippen molar-refractivity contribution in [2.75, 3.05) is 10.8 Å². The summed E-state index contributed by atoms with van der Waals surface area (Å²) in [6.45, 7) is 2.14. The van der Waals surface area contributed by atoms with Gasteiger partial charge in [-0.15, -0.1) is 11.8 Å². The lowest BCUT2D eigenvalue weighted by Crippen LogP contribution is -2.21. The molecular weight excluding hydrogens is 502 g/mol. The summed E-state index contributed by atoms with van der Waals surface area (Å²) in [5.41, 5.74) is 6.06. The van der Waals surface area contributed by atoms with E-state index in [0.29, 0.717) is 17.0 Å². The number of rotatable bonds is 7. The number of hydrazone groups is 1. The van der Waals surface area contributed by atoms with Crippen LogP contribution in [0.15, 0.2) is 131 Å². The van der Waals surface area contributed by atoms with E-state index in [1.165, 1.54) is 9.90 Å². The topological polar surface area (TPSA) is 63.4 Å². The van der Waals surface area contributed by atoms with Gasteiger partial charge in [-0.3, -0.25) is 9.78 Å².